The topological polar surface area (TPSA) is 52.5 Å². The molecule has 3 N–H and O–H groups in total. The molecule has 18 heavy (non-hydrogen) atoms. The lowest BCUT2D eigenvalue weighted by Gasteiger charge is -2.22. The van der Waals surface area contributed by atoms with E-state index in [-0.39, 0.29) is 12.1 Å². The zero-order valence-corrected chi connectivity index (χ0v) is 11.0. The van der Waals surface area contributed by atoms with Crippen LogP contribution in [0.15, 0.2) is 18.2 Å². The summed E-state index contributed by atoms with van der Waals surface area (Å²) in [5.74, 6) is 0.330. The highest BCUT2D eigenvalue weighted by Gasteiger charge is 2.21. The lowest BCUT2D eigenvalue weighted by molar-refractivity contribution is 0.119. The Morgan fingerprint density at radius 1 is 1.22 bits per heavy atom. The fourth-order valence-electron chi connectivity index (χ4n) is 2.62. The Morgan fingerprint density at radius 3 is 2.83 bits per heavy atom. The lowest BCUT2D eigenvalue weighted by atomic mass is 10.0. The van der Waals surface area contributed by atoms with Gasteiger partial charge in [0.15, 0.2) is 0 Å². The minimum atomic E-state index is -0.251. The van der Waals surface area contributed by atoms with Gasteiger partial charge in [-0.25, -0.2) is 0 Å². The van der Waals surface area contributed by atoms with Crippen molar-refractivity contribution >= 4 is 0 Å². The van der Waals surface area contributed by atoms with Gasteiger partial charge in [0.1, 0.15) is 5.75 Å². The number of hydrogen-bond acceptors (Lipinski definition) is 3. The van der Waals surface area contributed by atoms with Crippen molar-refractivity contribution in [3.8, 4) is 5.75 Å². The van der Waals surface area contributed by atoms with E-state index >= 15 is 0 Å². The second-order valence-electron chi connectivity index (χ2n) is 5.32. The van der Waals surface area contributed by atoms with E-state index in [1.54, 1.807) is 6.07 Å². The van der Waals surface area contributed by atoms with Crippen molar-refractivity contribution < 1.29 is 10.2 Å². The SMILES string of the molecule is Cc1ccc(O)c(CNC2CCCCCC2O)c1. The van der Waals surface area contributed by atoms with Crippen molar-refractivity contribution in [2.75, 3.05) is 0 Å². The summed E-state index contributed by atoms with van der Waals surface area (Å²) in [6.45, 7) is 2.64. The molecule has 0 radical (unpaired) electrons. The van der Waals surface area contributed by atoms with Gasteiger partial charge >= 0.3 is 0 Å². The van der Waals surface area contributed by atoms with Gasteiger partial charge in [-0.2, -0.15) is 0 Å². The lowest BCUT2D eigenvalue weighted by Crippen LogP contribution is -2.38. The molecule has 0 bridgehead atoms. The normalized spacial score (nSPS) is 24.8. The highest BCUT2D eigenvalue weighted by atomic mass is 16.3. The maximum atomic E-state index is 10.0. The monoisotopic (exact) mass is 249 g/mol. The summed E-state index contributed by atoms with van der Waals surface area (Å²) >= 11 is 0. The first kappa shape index (κ1) is 13.4. The Labute approximate surface area is 109 Å². The van der Waals surface area contributed by atoms with E-state index in [0.717, 1.165) is 30.4 Å². The van der Waals surface area contributed by atoms with Crippen molar-refractivity contribution in [2.45, 2.75) is 57.7 Å². The molecule has 1 aliphatic carbocycles. The molecule has 2 atom stereocenters. The molecule has 1 aromatic carbocycles. The molecule has 3 heteroatoms. The predicted molar refractivity (Wildman–Crippen MR) is 72.6 cm³/mol. The van der Waals surface area contributed by atoms with Gasteiger partial charge in [0.05, 0.1) is 6.10 Å². The fourth-order valence-corrected chi connectivity index (χ4v) is 2.62. The molecule has 100 valence electrons. The first-order valence-corrected chi connectivity index (χ1v) is 6.87. The van der Waals surface area contributed by atoms with E-state index in [0.29, 0.717) is 12.3 Å². The second-order valence-corrected chi connectivity index (χ2v) is 5.32. The third-order valence-corrected chi connectivity index (χ3v) is 3.77. The van der Waals surface area contributed by atoms with Crippen molar-refractivity contribution in [2.24, 2.45) is 0 Å². The summed E-state index contributed by atoms with van der Waals surface area (Å²) in [4.78, 5) is 0. The molecule has 0 spiro atoms. The van der Waals surface area contributed by atoms with Crippen LogP contribution in [0.25, 0.3) is 0 Å². The van der Waals surface area contributed by atoms with E-state index in [1.165, 1.54) is 12.8 Å². The first-order valence-electron chi connectivity index (χ1n) is 6.87. The molecule has 0 amide bonds. The molecule has 0 aromatic heterocycles. The van der Waals surface area contributed by atoms with E-state index < -0.39 is 0 Å². The molecule has 0 aliphatic heterocycles. The van der Waals surface area contributed by atoms with Crippen LogP contribution in [0.3, 0.4) is 0 Å². The quantitative estimate of drug-likeness (QED) is 0.721. The average Bonchev–Trinajstić information content (AvgIpc) is 2.55. The zero-order chi connectivity index (χ0) is 13.0. The Morgan fingerprint density at radius 2 is 2.00 bits per heavy atom. The third-order valence-electron chi connectivity index (χ3n) is 3.77. The van der Waals surface area contributed by atoms with Crippen LogP contribution in [0.2, 0.25) is 0 Å². The number of aryl methyl sites for hydroxylation is 1. The van der Waals surface area contributed by atoms with E-state index in [2.05, 4.69) is 5.32 Å². The molecule has 0 saturated heterocycles. The van der Waals surface area contributed by atoms with Crippen LogP contribution in [0.4, 0.5) is 0 Å². The van der Waals surface area contributed by atoms with Crippen molar-refractivity contribution in [3.63, 3.8) is 0 Å². The number of benzene rings is 1. The maximum absolute atomic E-state index is 10.0. The second kappa shape index (κ2) is 6.21. The van der Waals surface area contributed by atoms with Crippen LogP contribution in [0.5, 0.6) is 5.75 Å². The largest absolute Gasteiger partial charge is 0.508 e. The molecule has 1 aromatic rings. The standard InChI is InChI=1S/C15H23NO2/c1-11-7-8-14(17)12(9-11)10-16-13-5-3-2-4-6-15(13)18/h7-9,13,15-18H,2-6,10H2,1H3. The molecule has 1 saturated carbocycles. The smallest absolute Gasteiger partial charge is 0.120 e. The minimum Gasteiger partial charge on any atom is -0.508 e. The number of hydrogen-bond donors (Lipinski definition) is 3. The number of phenolic OH excluding ortho intramolecular Hbond substituents is 1. The van der Waals surface area contributed by atoms with Gasteiger partial charge in [-0.3, -0.25) is 0 Å². The molecular formula is C15H23NO2. The summed E-state index contributed by atoms with van der Waals surface area (Å²) < 4.78 is 0. The Balaban J connectivity index is 1.95. The van der Waals surface area contributed by atoms with E-state index in [9.17, 15) is 10.2 Å². The van der Waals surface area contributed by atoms with Crippen LogP contribution in [0.1, 0.15) is 43.2 Å². The van der Waals surface area contributed by atoms with Crippen LogP contribution in [-0.2, 0) is 6.54 Å². The predicted octanol–water partition coefficient (Wildman–Crippen LogP) is 2.48. The summed E-state index contributed by atoms with van der Waals surface area (Å²) in [6.07, 6.45) is 5.17. The van der Waals surface area contributed by atoms with Gasteiger partial charge in [-0.1, -0.05) is 37.0 Å². The van der Waals surface area contributed by atoms with Crippen LogP contribution in [-0.4, -0.2) is 22.4 Å². The van der Waals surface area contributed by atoms with E-state index in [1.807, 2.05) is 19.1 Å². The zero-order valence-electron chi connectivity index (χ0n) is 11.0. The average molecular weight is 249 g/mol. The number of aliphatic hydroxyl groups is 1. The van der Waals surface area contributed by atoms with Gasteiger partial charge in [0.25, 0.3) is 0 Å². The Hall–Kier alpha value is -1.06. The number of rotatable bonds is 3. The maximum Gasteiger partial charge on any atom is 0.120 e. The van der Waals surface area contributed by atoms with Crippen LogP contribution >= 0.6 is 0 Å². The minimum absolute atomic E-state index is 0.160. The Bertz CT molecular complexity index is 392. The molecule has 2 unspecified atom stereocenters. The van der Waals surface area contributed by atoms with Gasteiger partial charge in [0, 0.05) is 18.2 Å². The number of aliphatic hydroxyl groups excluding tert-OH is 1. The van der Waals surface area contributed by atoms with Crippen molar-refractivity contribution in [3.05, 3.63) is 29.3 Å². The van der Waals surface area contributed by atoms with Gasteiger partial charge in [0.2, 0.25) is 0 Å². The summed E-state index contributed by atoms with van der Waals surface area (Å²) in [6, 6.07) is 5.79. The molecule has 3 nitrogen and oxygen atoms in total. The summed E-state index contributed by atoms with van der Waals surface area (Å²) in [5.41, 5.74) is 2.05. The highest BCUT2D eigenvalue weighted by molar-refractivity contribution is 5.35. The van der Waals surface area contributed by atoms with Crippen molar-refractivity contribution in [1.82, 2.24) is 5.32 Å². The van der Waals surface area contributed by atoms with Gasteiger partial charge < -0.3 is 15.5 Å². The highest BCUT2D eigenvalue weighted by Crippen LogP contribution is 2.21. The fraction of sp³-hybridized carbons (Fsp3) is 0.600. The third kappa shape index (κ3) is 3.47. The van der Waals surface area contributed by atoms with Gasteiger partial charge in [-0.05, 0) is 25.8 Å². The first-order chi connectivity index (χ1) is 8.66. The molecule has 1 fully saturated rings. The van der Waals surface area contributed by atoms with E-state index in [4.69, 9.17) is 0 Å². The molecule has 1 aliphatic rings. The summed E-state index contributed by atoms with van der Waals surface area (Å²) in [5, 5.41) is 23.2. The van der Waals surface area contributed by atoms with Crippen LogP contribution in [0, 0.1) is 6.92 Å². The van der Waals surface area contributed by atoms with Gasteiger partial charge in [-0.15, -0.1) is 0 Å². The summed E-state index contributed by atoms with van der Waals surface area (Å²) in [7, 11) is 0. The number of phenols is 1. The molecular weight excluding hydrogens is 226 g/mol. The number of aromatic hydroxyl groups is 1. The number of nitrogens with one attached hydrogen (secondary N) is 1. The molecule has 2 rings (SSSR count). The van der Waals surface area contributed by atoms with Crippen molar-refractivity contribution in [1.29, 1.82) is 0 Å². The van der Waals surface area contributed by atoms with Crippen LogP contribution < -0.4 is 5.32 Å². The molecule has 0 heterocycles. The Kier molecular flexibility index (Phi) is 4.61.